The van der Waals surface area contributed by atoms with Crippen LogP contribution in [-0.2, 0) is 16.6 Å². The number of hydrogen-bond acceptors (Lipinski definition) is 7. The Hall–Kier alpha value is -3.59. The molecule has 0 radical (unpaired) electrons. The van der Waals surface area contributed by atoms with Gasteiger partial charge in [0.15, 0.2) is 17.2 Å². The third-order valence-electron chi connectivity index (χ3n) is 6.75. The lowest BCUT2D eigenvalue weighted by Crippen LogP contribution is -2.40. The molecule has 9 heteroatoms. The van der Waals surface area contributed by atoms with Crippen molar-refractivity contribution >= 4 is 23.3 Å². The molecule has 186 valence electrons. The van der Waals surface area contributed by atoms with E-state index >= 15 is 0 Å². The Kier molecular flexibility index (Phi) is 6.82. The zero-order valence-corrected chi connectivity index (χ0v) is 20.8. The van der Waals surface area contributed by atoms with Crippen LogP contribution in [0.15, 0.2) is 70.0 Å². The summed E-state index contributed by atoms with van der Waals surface area (Å²) in [6.45, 7) is 1.68. The first-order chi connectivity index (χ1) is 17.4. The normalized spacial score (nSPS) is 16.0. The summed E-state index contributed by atoms with van der Waals surface area (Å²) in [6.07, 6.45) is 3.77. The third kappa shape index (κ3) is 4.88. The largest absolute Gasteiger partial charge is 0.502 e. The molecule has 4 heterocycles. The summed E-state index contributed by atoms with van der Waals surface area (Å²) in [5, 5.41) is 22.5. The number of benzene rings is 1. The number of fused-ring (bicyclic) bond motifs is 1. The lowest BCUT2D eigenvalue weighted by molar-refractivity contribution is -0.123. The minimum absolute atomic E-state index is 0.0928. The van der Waals surface area contributed by atoms with Crippen molar-refractivity contribution in [3.05, 3.63) is 93.9 Å². The van der Waals surface area contributed by atoms with E-state index in [0.29, 0.717) is 36.5 Å². The Labute approximate surface area is 212 Å². The molecule has 4 aromatic rings. The van der Waals surface area contributed by atoms with E-state index in [1.54, 1.807) is 18.7 Å². The number of carbonyl (C=O) groups is 1. The summed E-state index contributed by atoms with van der Waals surface area (Å²) in [5.74, 6) is 2.31. The van der Waals surface area contributed by atoms with Gasteiger partial charge in [-0.2, -0.15) is 11.8 Å². The zero-order valence-electron chi connectivity index (χ0n) is 20.0. The molecule has 1 aliphatic heterocycles. The summed E-state index contributed by atoms with van der Waals surface area (Å²) < 4.78 is 7.78. The molecule has 1 aromatic carbocycles. The van der Waals surface area contributed by atoms with Crippen LogP contribution in [0.1, 0.15) is 48.2 Å². The van der Waals surface area contributed by atoms with Crippen LogP contribution < -0.4 is 10.7 Å². The first-order valence-electron chi connectivity index (χ1n) is 12.0. The molecule has 1 amide bonds. The predicted octanol–water partition coefficient (Wildman–Crippen LogP) is 3.95. The lowest BCUT2D eigenvalue weighted by atomic mass is 9.75. The van der Waals surface area contributed by atoms with E-state index in [0.717, 1.165) is 17.1 Å². The summed E-state index contributed by atoms with van der Waals surface area (Å²) in [6, 6.07) is 16.4. The Bertz CT molecular complexity index is 1430. The van der Waals surface area contributed by atoms with Crippen molar-refractivity contribution in [2.45, 2.75) is 44.1 Å². The predicted molar refractivity (Wildman–Crippen MR) is 138 cm³/mol. The third-order valence-corrected chi connectivity index (χ3v) is 7.73. The lowest BCUT2D eigenvalue weighted by Gasteiger charge is -2.36. The van der Waals surface area contributed by atoms with Gasteiger partial charge in [-0.3, -0.25) is 14.0 Å². The van der Waals surface area contributed by atoms with Crippen molar-refractivity contribution in [1.29, 1.82) is 0 Å². The highest BCUT2D eigenvalue weighted by atomic mass is 32.2. The van der Waals surface area contributed by atoms with Gasteiger partial charge in [-0.05, 0) is 55.4 Å². The van der Waals surface area contributed by atoms with Gasteiger partial charge in [0.25, 0.3) is 0 Å². The van der Waals surface area contributed by atoms with Crippen molar-refractivity contribution < 1.29 is 14.3 Å². The SMILES string of the molecule is Cc1cc(=O)c(O)c(C2(CC(=O)N[C@H](Cc3ccccc3)c3nnc4ccccn34)CCSCC2)o1. The highest BCUT2D eigenvalue weighted by Crippen LogP contribution is 2.44. The second-order valence-electron chi connectivity index (χ2n) is 9.27. The van der Waals surface area contributed by atoms with Crippen molar-refractivity contribution in [1.82, 2.24) is 19.9 Å². The fourth-order valence-corrected chi connectivity index (χ4v) is 6.19. The highest BCUT2D eigenvalue weighted by Gasteiger charge is 2.42. The summed E-state index contributed by atoms with van der Waals surface area (Å²) >= 11 is 1.79. The van der Waals surface area contributed by atoms with Gasteiger partial charge >= 0.3 is 0 Å². The number of thioether (sulfide) groups is 1. The van der Waals surface area contributed by atoms with Gasteiger partial charge in [0, 0.05) is 24.1 Å². The molecule has 0 saturated carbocycles. The molecule has 2 N–H and O–H groups in total. The molecule has 3 aromatic heterocycles. The summed E-state index contributed by atoms with van der Waals surface area (Å²) in [7, 11) is 0. The molecular formula is C27H28N4O4S. The minimum Gasteiger partial charge on any atom is -0.502 e. The van der Waals surface area contributed by atoms with Gasteiger partial charge in [0.05, 0.1) is 6.04 Å². The second-order valence-corrected chi connectivity index (χ2v) is 10.5. The molecule has 0 unspecified atom stereocenters. The van der Waals surface area contributed by atoms with E-state index in [1.165, 1.54) is 6.07 Å². The molecule has 1 saturated heterocycles. The topological polar surface area (TPSA) is 110 Å². The van der Waals surface area contributed by atoms with Crippen molar-refractivity contribution in [3.8, 4) is 5.75 Å². The number of nitrogens with zero attached hydrogens (tertiary/aromatic N) is 3. The van der Waals surface area contributed by atoms with Crippen LogP contribution in [0.4, 0.5) is 0 Å². The Morgan fingerprint density at radius 2 is 1.92 bits per heavy atom. The number of hydrogen-bond donors (Lipinski definition) is 2. The maximum atomic E-state index is 13.6. The number of aryl methyl sites for hydroxylation is 1. The number of carbonyl (C=O) groups excluding carboxylic acids is 1. The van der Waals surface area contributed by atoms with Gasteiger partial charge in [0.1, 0.15) is 5.76 Å². The number of rotatable bonds is 7. The summed E-state index contributed by atoms with van der Waals surface area (Å²) in [5.41, 5.74) is 0.520. The van der Waals surface area contributed by atoms with Crippen LogP contribution in [0.5, 0.6) is 5.75 Å². The van der Waals surface area contributed by atoms with E-state index in [4.69, 9.17) is 4.42 Å². The fraction of sp³-hybridized carbons (Fsp3) is 0.333. The number of aromatic nitrogens is 3. The van der Waals surface area contributed by atoms with E-state index in [1.807, 2.05) is 59.1 Å². The number of aromatic hydroxyl groups is 1. The van der Waals surface area contributed by atoms with E-state index in [-0.39, 0.29) is 18.1 Å². The van der Waals surface area contributed by atoms with Crippen LogP contribution in [0.3, 0.4) is 0 Å². The minimum atomic E-state index is -0.755. The molecule has 5 rings (SSSR count). The second kappa shape index (κ2) is 10.2. The van der Waals surface area contributed by atoms with Crippen LogP contribution in [0, 0.1) is 6.92 Å². The smallest absolute Gasteiger partial charge is 0.227 e. The maximum Gasteiger partial charge on any atom is 0.227 e. The van der Waals surface area contributed by atoms with Crippen molar-refractivity contribution in [3.63, 3.8) is 0 Å². The fourth-order valence-electron chi connectivity index (χ4n) is 4.92. The molecular weight excluding hydrogens is 476 g/mol. The highest BCUT2D eigenvalue weighted by molar-refractivity contribution is 7.99. The Balaban J connectivity index is 1.47. The van der Waals surface area contributed by atoms with Crippen LogP contribution >= 0.6 is 11.8 Å². The first kappa shape index (κ1) is 24.1. The van der Waals surface area contributed by atoms with E-state index in [2.05, 4.69) is 15.5 Å². The number of nitrogens with one attached hydrogen (secondary N) is 1. The first-order valence-corrected chi connectivity index (χ1v) is 13.2. The molecule has 8 nitrogen and oxygen atoms in total. The summed E-state index contributed by atoms with van der Waals surface area (Å²) in [4.78, 5) is 26.0. The quantitative estimate of drug-likeness (QED) is 0.392. The van der Waals surface area contributed by atoms with Crippen LogP contribution in [0.2, 0.25) is 0 Å². The molecule has 1 aliphatic rings. The average Bonchev–Trinajstić information content (AvgIpc) is 3.31. The van der Waals surface area contributed by atoms with E-state index in [9.17, 15) is 14.7 Å². The van der Waals surface area contributed by atoms with Crippen LogP contribution in [-0.4, -0.2) is 37.1 Å². The molecule has 1 atom stereocenters. The molecule has 1 fully saturated rings. The van der Waals surface area contributed by atoms with Crippen molar-refractivity contribution in [2.75, 3.05) is 11.5 Å². The Morgan fingerprint density at radius 1 is 1.17 bits per heavy atom. The van der Waals surface area contributed by atoms with Gasteiger partial charge in [0.2, 0.25) is 17.1 Å². The van der Waals surface area contributed by atoms with Gasteiger partial charge < -0.3 is 14.8 Å². The average molecular weight is 505 g/mol. The molecule has 0 spiro atoms. The van der Waals surface area contributed by atoms with Gasteiger partial charge in [-0.1, -0.05) is 36.4 Å². The number of pyridine rings is 1. The van der Waals surface area contributed by atoms with E-state index < -0.39 is 22.6 Å². The Morgan fingerprint density at radius 3 is 2.69 bits per heavy atom. The molecule has 36 heavy (non-hydrogen) atoms. The number of amides is 1. The zero-order chi connectivity index (χ0) is 25.1. The maximum absolute atomic E-state index is 13.6. The molecule has 0 bridgehead atoms. The van der Waals surface area contributed by atoms with Gasteiger partial charge in [-0.25, -0.2) is 0 Å². The standard InChI is InChI=1S/C27H28N4O4S/c1-18-15-21(32)24(34)25(35-18)27(10-13-36-14-11-27)17-23(33)28-20(16-19-7-3-2-4-8-19)26-30-29-22-9-5-6-12-31(22)26/h2-9,12,15,20,34H,10-11,13-14,16-17H2,1H3,(H,28,33)/t20-/m1/s1. The van der Waals surface area contributed by atoms with Crippen molar-refractivity contribution in [2.24, 2.45) is 0 Å². The molecule has 0 aliphatic carbocycles. The monoisotopic (exact) mass is 504 g/mol. The van der Waals surface area contributed by atoms with Gasteiger partial charge in [-0.15, -0.1) is 10.2 Å². The van der Waals surface area contributed by atoms with Crippen LogP contribution in [0.25, 0.3) is 5.65 Å².